The summed E-state index contributed by atoms with van der Waals surface area (Å²) >= 11 is 0. The molecule has 0 spiro atoms. The van der Waals surface area contributed by atoms with Gasteiger partial charge in [-0.15, -0.1) is 0 Å². The zero-order valence-electron chi connectivity index (χ0n) is 18.1. The summed E-state index contributed by atoms with van der Waals surface area (Å²) in [6, 6.07) is 12.8. The van der Waals surface area contributed by atoms with Crippen LogP contribution in [0.4, 0.5) is 18.9 Å². The molecule has 1 amide bonds. The van der Waals surface area contributed by atoms with Gasteiger partial charge in [0.1, 0.15) is 0 Å². The maximum absolute atomic E-state index is 13.3. The molecule has 1 N–H and O–H groups in total. The Hall–Kier alpha value is -2.58. The molecule has 1 atom stereocenters. The number of carbonyl (C=O) groups is 1. The number of likely N-dealkylation sites (N-methyl/N-ethyl adjacent to an activating group) is 1. The lowest BCUT2D eigenvalue weighted by Gasteiger charge is -2.38. The predicted molar refractivity (Wildman–Crippen MR) is 116 cm³/mol. The number of hydrogen-bond acceptors (Lipinski definition) is 4. The van der Waals surface area contributed by atoms with Crippen LogP contribution in [0.1, 0.15) is 27.5 Å². The van der Waals surface area contributed by atoms with E-state index in [4.69, 9.17) is 0 Å². The van der Waals surface area contributed by atoms with Gasteiger partial charge in [-0.05, 0) is 36.9 Å². The second kappa shape index (κ2) is 9.70. The minimum atomic E-state index is -4.58. The van der Waals surface area contributed by atoms with Gasteiger partial charge >= 0.3 is 6.18 Å². The summed E-state index contributed by atoms with van der Waals surface area (Å²) in [5.74, 6) is -0.711. The third-order valence-electron chi connectivity index (χ3n) is 5.71. The molecule has 5 nitrogen and oxygen atoms in total. The largest absolute Gasteiger partial charge is 0.417 e. The van der Waals surface area contributed by atoms with Gasteiger partial charge in [-0.2, -0.15) is 13.2 Å². The van der Waals surface area contributed by atoms with Gasteiger partial charge in [0.15, 0.2) is 0 Å². The minimum Gasteiger partial charge on any atom is -0.378 e. The van der Waals surface area contributed by atoms with Crippen molar-refractivity contribution >= 4 is 11.6 Å². The van der Waals surface area contributed by atoms with E-state index in [9.17, 15) is 18.0 Å². The molecule has 0 saturated carbocycles. The average molecular weight is 435 g/mol. The first-order valence-corrected chi connectivity index (χ1v) is 10.3. The molecule has 168 valence electrons. The van der Waals surface area contributed by atoms with E-state index in [1.54, 1.807) is 0 Å². The molecule has 0 bridgehead atoms. The van der Waals surface area contributed by atoms with Crippen molar-refractivity contribution < 1.29 is 18.0 Å². The van der Waals surface area contributed by atoms with Gasteiger partial charge in [-0.1, -0.05) is 24.3 Å². The Morgan fingerprint density at radius 3 is 2.23 bits per heavy atom. The number of carbonyl (C=O) groups excluding carboxylic acids is 1. The lowest BCUT2D eigenvalue weighted by atomic mass is 10.0. The van der Waals surface area contributed by atoms with Crippen LogP contribution in [-0.4, -0.2) is 69.6 Å². The van der Waals surface area contributed by atoms with Crippen LogP contribution in [0.5, 0.6) is 0 Å². The Bertz CT molecular complexity index is 875. The van der Waals surface area contributed by atoms with Gasteiger partial charge in [0.25, 0.3) is 5.91 Å². The van der Waals surface area contributed by atoms with Crippen molar-refractivity contribution in [3.63, 3.8) is 0 Å². The van der Waals surface area contributed by atoms with Crippen LogP contribution in [0.3, 0.4) is 0 Å². The summed E-state index contributed by atoms with van der Waals surface area (Å²) in [5.41, 5.74) is 0.817. The molecule has 1 fully saturated rings. The first kappa shape index (κ1) is 23.1. The summed E-state index contributed by atoms with van der Waals surface area (Å²) in [6.45, 7) is 3.68. The van der Waals surface area contributed by atoms with E-state index in [2.05, 4.69) is 22.2 Å². The monoisotopic (exact) mass is 434 g/mol. The van der Waals surface area contributed by atoms with Gasteiger partial charge < -0.3 is 15.1 Å². The first-order chi connectivity index (χ1) is 14.7. The normalized spacial score (nSPS) is 16.7. The number of nitrogens with one attached hydrogen (secondary N) is 1. The number of halogens is 3. The van der Waals surface area contributed by atoms with Gasteiger partial charge in [0.2, 0.25) is 0 Å². The van der Waals surface area contributed by atoms with Crippen LogP contribution >= 0.6 is 0 Å². The fourth-order valence-electron chi connectivity index (χ4n) is 3.80. The molecule has 1 unspecified atom stereocenters. The highest BCUT2D eigenvalue weighted by atomic mass is 19.4. The Balaban J connectivity index is 1.80. The van der Waals surface area contributed by atoms with E-state index in [0.717, 1.165) is 43.5 Å². The van der Waals surface area contributed by atoms with E-state index in [0.29, 0.717) is 0 Å². The summed E-state index contributed by atoms with van der Waals surface area (Å²) in [7, 11) is 5.99. The van der Waals surface area contributed by atoms with Gasteiger partial charge in [0.05, 0.1) is 17.2 Å². The van der Waals surface area contributed by atoms with Crippen molar-refractivity contribution in [2.24, 2.45) is 0 Å². The van der Waals surface area contributed by atoms with Crippen LogP contribution < -0.4 is 10.2 Å². The lowest BCUT2D eigenvalue weighted by Crippen LogP contribution is -2.48. The highest BCUT2D eigenvalue weighted by Crippen LogP contribution is 2.32. The van der Waals surface area contributed by atoms with Crippen LogP contribution in [0.2, 0.25) is 0 Å². The number of hydrogen-bond donors (Lipinski definition) is 1. The molecule has 2 aromatic rings. The van der Waals surface area contributed by atoms with Crippen LogP contribution in [-0.2, 0) is 6.18 Å². The number of amides is 1. The molecule has 1 saturated heterocycles. The second-order valence-electron chi connectivity index (χ2n) is 8.09. The maximum Gasteiger partial charge on any atom is 0.417 e. The molecule has 0 aromatic heterocycles. The van der Waals surface area contributed by atoms with Crippen molar-refractivity contribution in [2.45, 2.75) is 12.2 Å². The van der Waals surface area contributed by atoms with E-state index < -0.39 is 17.6 Å². The van der Waals surface area contributed by atoms with Gasteiger partial charge in [0, 0.05) is 52.5 Å². The molecule has 2 aromatic carbocycles. The third kappa shape index (κ3) is 5.77. The third-order valence-corrected chi connectivity index (χ3v) is 5.71. The van der Waals surface area contributed by atoms with Crippen molar-refractivity contribution in [2.75, 3.05) is 58.8 Å². The Labute approximate surface area is 181 Å². The standard InChI is InChI=1S/C23H29F3N4O/c1-28(2)18-10-8-17(9-11-18)21(30-14-12-29(3)13-15-30)16-27-22(31)19-6-4-5-7-20(19)23(24,25)26/h4-11,21H,12-16H2,1-3H3,(H,27,31). The highest BCUT2D eigenvalue weighted by molar-refractivity contribution is 5.95. The maximum atomic E-state index is 13.3. The molecule has 8 heteroatoms. The first-order valence-electron chi connectivity index (χ1n) is 10.3. The number of piperazine rings is 1. The minimum absolute atomic E-state index is 0.119. The number of anilines is 1. The molecule has 1 heterocycles. The number of nitrogens with zero attached hydrogens (tertiary/aromatic N) is 3. The van der Waals surface area contributed by atoms with Crippen molar-refractivity contribution in [1.29, 1.82) is 0 Å². The predicted octanol–water partition coefficient (Wildman–Crippen LogP) is 3.49. The fraction of sp³-hybridized carbons (Fsp3) is 0.435. The smallest absolute Gasteiger partial charge is 0.378 e. The van der Waals surface area contributed by atoms with E-state index >= 15 is 0 Å². The van der Waals surface area contributed by atoms with E-state index in [1.165, 1.54) is 18.2 Å². The summed E-state index contributed by atoms with van der Waals surface area (Å²) in [5, 5.41) is 2.75. The van der Waals surface area contributed by atoms with E-state index in [1.807, 2.05) is 43.3 Å². The molecule has 1 aliphatic heterocycles. The summed E-state index contributed by atoms with van der Waals surface area (Å²) < 4.78 is 39.9. The Morgan fingerprint density at radius 1 is 1.03 bits per heavy atom. The number of rotatable bonds is 6. The van der Waals surface area contributed by atoms with Crippen molar-refractivity contribution in [3.8, 4) is 0 Å². The van der Waals surface area contributed by atoms with E-state index in [-0.39, 0.29) is 18.2 Å². The zero-order chi connectivity index (χ0) is 22.6. The van der Waals surface area contributed by atoms with Gasteiger partial charge in [-0.25, -0.2) is 0 Å². The molecule has 1 aliphatic rings. The van der Waals surface area contributed by atoms with Crippen LogP contribution in [0, 0.1) is 0 Å². The topological polar surface area (TPSA) is 38.8 Å². The quantitative estimate of drug-likeness (QED) is 0.756. The number of benzene rings is 2. The van der Waals surface area contributed by atoms with Crippen LogP contribution in [0.25, 0.3) is 0 Å². The Kier molecular flexibility index (Phi) is 7.23. The second-order valence-corrected chi connectivity index (χ2v) is 8.09. The summed E-state index contributed by atoms with van der Waals surface area (Å²) in [4.78, 5) is 19.2. The lowest BCUT2D eigenvalue weighted by molar-refractivity contribution is -0.137. The van der Waals surface area contributed by atoms with Crippen molar-refractivity contribution in [3.05, 3.63) is 65.2 Å². The molecule has 31 heavy (non-hydrogen) atoms. The SMILES string of the molecule is CN1CCN(C(CNC(=O)c2ccccc2C(F)(F)F)c2ccc(N(C)C)cc2)CC1. The summed E-state index contributed by atoms with van der Waals surface area (Å²) in [6.07, 6.45) is -4.58. The highest BCUT2D eigenvalue weighted by Gasteiger charge is 2.35. The number of alkyl halides is 3. The van der Waals surface area contributed by atoms with Crippen LogP contribution in [0.15, 0.2) is 48.5 Å². The zero-order valence-corrected chi connectivity index (χ0v) is 18.1. The average Bonchev–Trinajstić information content (AvgIpc) is 2.74. The molecule has 0 aliphatic carbocycles. The molecular weight excluding hydrogens is 405 g/mol. The van der Waals surface area contributed by atoms with Gasteiger partial charge in [-0.3, -0.25) is 9.69 Å². The fourth-order valence-corrected chi connectivity index (χ4v) is 3.80. The Morgan fingerprint density at radius 2 is 1.65 bits per heavy atom. The molecular formula is C23H29F3N4O. The molecule has 3 rings (SSSR count). The molecule has 0 radical (unpaired) electrons. The van der Waals surface area contributed by atoms with Crippen molar-refractivity contribution in [1.82, 2.24) is 15.1 Å².